The standard InChI is InChI=1S/C12H19BrN2O3S/c1-4-5-6-15(2)19(16,17)12-8-10(14)9(13)7-11(12)18-3/h7-8H,4-6,14H2,1-3H3. The lowest BCUT2D eigenvalue weighted by Gasteiger charge is -2.19. The first-order valence-corrected chi connectivity index (χ1v) is 8.17. The van der Waals surface area contributed by atoms with Crippen molar-refractivity contribution in [2.24, 2.45) is 0 Å². The van der Waals surface area contributed by atoms with Crippen LogP contribution in [0.2, 0.25) is 0 Å². The van der Waals surface area contributed by atoms with Gasteiger partial charge in [-0.15, -0.1) is 0 Å². The molecular formula is C12H19BrN2O3S. The summed E-state index contributed by atoms with van der Waals surface area (Å²) >= 11 is 3.25. The van der Waals surface area contributed by atoms with E-state index in [2.05, 4.69) is 15.9 Å². The Morgan fingerprint density at radius 2 is 2.05 bits per heavy atom. The highest BCUT2D eigenvalue weighted by molar-refractivity contribution is 9.10. The molecule has 0 saturated heterocycles. The zero-order valence-electron chi connectivity index (χ0n) is 11.3. The van der Waals surface area contributed by atoms with Crippen molar-refractivity contribution in [3.05, 3.63) is 16.6 Å². The smallest absolute Gasteiger partial charge is 0.246 e. The number of methoxy groups -OCH3 is 1. The minimum Gasteiger partial charge on any atom is -0.495 e. The van der Waals surface area contributed by atoms with Crippen molar-refractivity contribution >= 4 is 31.6 Å². The number of sulfonamides is 1. The average molecular weight is 351 g/mol. The normalized spacial score (nSPS) is 11.8. The Labute approximate surface area is 122 Å². The number of benzene rings is 1. The number of anilines is 1. The molecular weight excluding hydrogens is 332 g/mol. The molecule has 5 nitrogen and oxygen atoms in total. The van der Waals surface area contributed by atoms with Gasteiger partial charge < -0.3 is 10.5 Å². The van der Waals surface area contributed by atoms with Crippen molar-refractivity contribution in [2.75, 3.05) is 26.4 Å². The fourth-order valence-corrected chi connectivity index (χ4v) is 3.28. The van der Waals surface area contributed by atoms with E-state index in [4.69, 9.17) is 10.5 Å². The minimum absolute atomic E-state index is 0.0919. The van der Waals surface area contributed by atoms with Gasteiger partial charge in [0.15, 0.2) is 0 Å². The SMILES string of the molecule is CCCCN(C)S(=O)(=O)c1cc(N)c(Br)cc1OC. The summed E-state index contributed by atoms with van der Waals surface area (Å²) in [5, 5.41) is 0. The number of hydrogen-bond donors (Lipinski definition) is 1. The van der Waals surface area contributed by atoms with E-state index in [-0.39, 0.29) is 10.6 Å². The molecule has 0 aliphatic heterocycles. The van der Waals surface area contributed by atoms with Gasteiger partial charge in [-0.25, -0.2) is 12.7 Å². The molecule has 0 bridgehead atoms. The van der Waals surface area contributed by atoms with Crippen LogP contribution < -0.4 is 10.5 Å². The van der Waals surface area contributed by atoms with Gasteiger partial charge in [-0.05, 0) is 34.5 Å². The van der Waals surface area contributed by atoms with Gasteiger partial charge in [0.1, 0.15) is 10.6 Å². The topological polar surface area (TPSA) is 72.6 Å². The maximum atomic E-state index is 12.5. The summed E-state index contributed by atoms with van der Waals surface area (Å²) in [7, 11) is -0.594. The third kappa shape index (κ3) is 3.61. The second kappa shape index (κ2) is 6.58. The molecule has 0 heterocycles. The highest BCUT2D eigenvalue weighted by Crippen LogP contribution is 2.33. The molecule has 0 atom stereocenters. The number of nitrogens with two attached hydrogens (primary N) is 1. The number of nitrogens with zero attached hydrogens (tertiary/aromatic N) is 1. The van der Waals surface area contributed by atoms with Crippen LogP contribution in [0.3, 0.4) is 0 Å². The van der Waals surface area contributed by atoms with Gasteiger partial charge in [-0.1, -0.05) is 13.3 Å². The average Bonchev–Trinajstić information content (AvgIpc) is 2.38. The highest BCUT2D eigenvalue weighted by Gasteiger charge is 2.25. The van der Waals surface area contributed by atoms with Crippen LogP contribution in [0.4, 0.5) is 5.69 Å². The van der Waals surface area contributed by atoms with Crippen molar-refractivity contribution in [3.8, 4) is 5.75 Å². The van der Waals surface area contributed by atoms with Crippen LogP contribution in [-0.2, 0) is 10.0 Å². The zero-order chi connectivity index (χ0) is 14.6. The summed E-state index contributed by atoms with van der Waals surface area (Å²) in [5.41, 5.74) is 6.12. The monoisotopic (exact) mass is 350 g/mol. The van der Waals surface area contributed by atoms with Crippen molar-refractivity contribution < 1.29 is 13.2 Å². The highest BCUT2D eigenvalue weighted by atomic mass is 79.9. The summed E-state index contributed by atoms with van der Waals surface area (Å²) in [6.07, 6.45) is 1.74. The van der Waals surface area contributed by atoms with Gasteiger partial charge in [-0.3, -0.25) is 0 Å². The molecule has 0 spiro atoms. The molecule has 7 heteroatoms. The van der Waals surface area contributed by atoms with Gasteiger partial charge in [0.25, 0.3) is 0 Å². The number of ether oxygens (including phenoxy) is 1. The summed E-state index contributed by atoms with van der Waals surface area (Å²) < 4.78 is 32.0. The van der Waals surface area contributed by atoms with E-state index < -0.39 is 10.0 Å². The Morgan fingerprint density at radius 1 is 1.42 bits per heavy atom. The predicted molar refractivity (Wildman–Crippen MR) is 79.8 cm³/mol. The molecule has 19 heavy (non-hydrogen) atoms. The molecule has 108 valence electrons. The molecule has 1 aromatic carbocycles. The Kier molecular flexibility index (Phi) is 5.64. The summed E-state index contributed by atoms with van der Waals surface area (Å²) in [4.78, 5) is 0.0919. The van der Waals surface area contributed by atoms with Crippen LogP contribution in [0.25, 0.3) is 0 Å². The minimum atomic E-state index is -3.59. The van der Waals surface area contributed by atoms with E-state index in [9.17, 15) is 8.42 Å². The molecule has 0 fully saturated rings. The van der Waals surface area contributed by atoms with E-state index in [0.717, 1.165) is 12.8 Å². The Bertz CT molecular complexity index is 546. The van der Waals surface area contributed by atoms with Crippen molar-refractivity contribution in [2.45, 2.75) is 24.7 Å². The summed E-state index contributed by atoms with van der Waals surface area (Å²) in [5.74, 6) is 0.282. The number of hydrogen-bond acceptors (Lipinski definition) is 4. The molecule has 0 radical (unpaired) electrons. The predicted octanol–water partition coefficient (Wildman–Crippen LogP) is 2.46. The second-order valence-electron chi connectivity index (χ2n) is 4.20. The fourth-order valence-electron chi connectivity index (χ4n) is 1.58. The fraction of sp³-hybridized carbons (Fsp3) is 0.500. The molecule has 1 rings (SSSR count). The number of rotatable bonds is 6. The van der Waals surface area contributed by atoms with Crippen LogP contribution in [0.1, 0.15) is 19.8 Å². The largest absolute Gasteiger partial charge is 0.495 e. The van der Waals surface area contributed by atoms with Crippen LogP contribution >= 0.6 is 15.9 Å². The Hall–Kier alpha value is -0.790. The number of nitrogen functional groups attached to an aromatic ring is 1. The first kappa shape index (κ1) is 16.3. The third-order valence-electron chi connectivity index (χ3n) is 2.80. The van der Waals surface area contributed by atoms with Crippen LogP contribution in [0.5, 0.6) is 5.75 Å². The van der Waals surface area contributed by atoms with Gasteiger partial charge in [-0.2, -0.15) is 0 Å². The number of halogens is 1. The lowest BCUT2D eigenvalue weighted by Crippen LogP contribution is -2.28. The van der Waals surface area contributed by atoms with E-state index in [0.29, 0.717) is 16.7 Å². The van der Waals surface area contributed by atoms with Crippen LogP contribution in [0.15, 0.2) is 21.5 Å². The third-order valence-corrected chi connectivity index (χ3v) is 5.36. The van der Waals surface area contributed by atoms with Gasteiger partial charge in [0.05, 0.1) is 7.11 Å². The van der Waals surface area contributed by atoms with E-state index >= 15 is 0 Å². The summed E-state index contributed by atoms with van der Waals surface area (Å²) in [6.45, 7) is 2.48. The van der Waals surface area contributed by atoms with E-state index in [1.165, 1.54) is 17.5 Å². The van der Waals surface area contributed by atoms with Crippen molar-refractivity contribution in [1.29, 1.82) is 0 Å². The lowest BCUT2D eigenvalue weighted by atomic mass is 10.3. The molecule has 0 saturated carbocycles. The molecule has 0 unspecified atom stereocenters. The maximum Gasteiger partial charge on any atom is 0.246 e. The van der Waals surface area contributed by atoms with Gasteiger partial charge in [0, 0.05) is 23.8 Å². The molecule has 0 aliphatic rings. The molecule has 0 amide bonds. The maximum absolute atomic E-state index is 12.5. The molecule has 1 aromatic rings. The Morgan fingerprint density at radius 3 is 2.58 bits per heavy atom. The lowest BCUT2D eigenvalue weighted by molar-refractivity contribution is 0.397. The quantitative estimate of drug-likeness (QED) is 0.799. The molecule has 0 aliphatic carbocycles. The zero-order valence-corrected chi connectivity index (χ0v) is 13.7. The molecule has 2 N–H and O–H groups in total. The van der Waals surface area contributed by atoms with Gasteiger partial charge >= 0.3 is 0 Å². The number of unbranched alkanes of at least 4 members (excludes halogenated alkanes) is 1. The summed E-state index contributed by atoms with van der Waals surface area (Å²) in [6, 6.07) is 2.98. The first-order valence-electron chi connectivity index (χ1n) is 5.94. The van der Waals surface area contributed by atoms with Crippen LogP contribution in [0, 0.1) is 0 Å². The van der Waals surface area contributed by atoms with Crippen LogP contribution in [-0.4, -0.2) is 33.4 Å². The van der Waals surface area contributed by atoms with E-state index in [1.54, 1.807) is 13.1 Å². The van der Waals surface area contributed by atoms with Crippen molar-refractivity contribution in [3.63, 3.8) is 0 Å². The van der Waals surface area contributed by atoms with Crippen molar-refractivity contribution in [1.82, 2.24) is 4.31 Å². The van der Waals surface area contributed by atoms with E-state index in [1.807, 2.05) is 6.92 Å². The Balaban J connectivity index is 3.24. The second-order valence-corrected chi connectivity index (χ2v) is 7.07. The molecule has 0 aromatic heterocycles. The first-order chi connectivity index (χ1) is 8.84. The van der Waals surface area contributed by atoms with Gasteiger partial charge in [0.2, 0.25) is 10.0 Å².